The van der Waals surface area contributed by atoms with Crippen molar-refractivity contribution in [1.82, 2.24) is 0 Å². The lowest BCUT2D eigenvalue weighted by molar-refractivity contribution is 1.36. The lowest BCUT2D eigenvalue weighted by atomic mass is 10.2. The number of thioether (sulfide) groups is 1. The maximum atomic E-state index is 4.29. The van der Waals surface area contributed by atoms with Crippen molar-refractivity contribution >= 4 is 17.5 Å². The van der Waals surface area contributed by atoms with Gasteiger partial charge in [-0.2, -0.15) is 0 Å². The summed E-state index contributed by atoms with van der Waals surface area (Å²) < 4.78 is 0. The second-order valence-corrected chi connectivity index (χ2v) is 3.26. The molecule has 0 aliphatic rings. The molecular weight excluding hydrogens is 154 g/mol. The van der Waals surface area contributed by atoms with Crippen LogP contribution in [0.2, 0.25) is 0 Å². The van der Waals surface area contributed by atoms with Gasteiger partial charge in [0.25, 0.3) is 0 Å². The SMILES string of the molecule is C=C/C(C=C(C)C)=N/CSC. The third-order valence-electron chi connectivity index (χ3n) is 1.02. The fourth-order valence-electron chi connectivity index (χ4n) is 0.604. The van der Waals surface area contributed by atoms with E-state index in [1.165, 1.54) is 5.57 Å². The van der Waals surface area contributed by atoms with E-state index >= 15 is 0 Å². The Hall–Kier alpha value is -0.500. The van der Waals surface area contributed by atoms with Gasteiger partial charge in [-0.3, -0.25) is 4.99 Å². The van der Waals surface area contributed by atoms with Gasteiger partial charge in [-0.1, -0.05) is 12.2 Å². The molecule has 0 bridgehead atoms. The van der Waals surface area contributed by atoms with Gasteiger partial charge < -0.3 is 0 Å². The summed E-state index contributed by atoms with van der Waals surface area (Å²) in [6, 6.07) is 0. The second kappa shape index (κ2) is 6.23. The van der Waals surface area contributed by atoms with Gasteiger partial charge >= 0.3 is 0 Å². The Balaban J connectivity index is 4.16. The Morgan fingerprint density at radius 2 is 2.18 bits per heavy atom. The molecule has 2 heteroatoms. The normalized spacial score (nSPS) is 11.0. The first-order valence-corrected chi connectivity index (χ1v) is 4.90. The Labute approximate surface area is 73.3 Å². The standard InChI is InChI=1S/C9H15NS/c1-5-9(6-8(2)3)10-7-11-4/h5-6H,1,7H2,2-4H3/b10-9-. The van der Waals surface area contributed by atoms with Crippen molar-refractivity contribution in [3.63, 3.8) is 0 Å². The van der Waals surface area contributed by atoms with Crippen molar-refractivity contribution in [2.45, 2.75) is 13.8 Å². The summed E-state index contributed by atoms with van der Waals surface area (Å²) in [7, 11) is 0. The Morgan fingerprint density at radius 3 is 2.55 bits per heavy atom. The number of aliphatic imine (C=N–C) groups is 1. The van der Waals surface area contributed by atoms with Crippen molar-refractivity contribution in [2.24, 2.45) is 4.99 Å². The number of hydrogen-bond acceptors (Lipinski definition) is 2. The van der Waals surface area contributed by atoms with Crippen LogP contribution in [0.1, 0.15) is 13.8 Å². The van der Waals surface area contributed by atoms with Crippen LogP contribution < -0.4 is 0 Å². The van der Waals surface area contributed by atoms with Crippen LogP contribution in [0.25, 0.3) is 0 Å². The van der Waals surface area contributed by atoms with Gasteiger partial charge in [-0.25, -0.2) is 0 Å². The highest BCUT2D eigenvalue weighted by molar-refractivity contribution is 7.98. The van der Waals surface area contributed by atoms with Crippen LogP contribution in [-0.4, -0.2) is 17.8 Å². The van der Waals surface area contributed by atoms with Crippen LogP contribution in [0.3, 0.4) is 0 Å². The monoisotopic (exact) mass is 169 g/mol. The molecule has 0 unspecified atom stereocenters. The molecule has 0 N–H and O–H groups in total. The van der Waals surface area contributed by atoms with Gasteiger partial charge in [0, 0.05) is 0 Å². The average molecular weight is 169 g/mol. The van der Waals surface area contributed by atoms with Crippen LogP contribution in [-0.2, 0) is 0 Å². The molecule has 0 aliphatic carbocycles. The highest BCUT2D eigenvalue weighted by Crippen LogP contribution is 1.96. The zero-order valence-corrected chi connectivity index (χ0v) is 8.24. The van der Waals surface area contributed by atoms with Crippen molar-refractivity contribution in [1.29, 1.82) is 0 Å². The number of allylic oxidation sites excluding steroid dienone is 3. The topological polar surface area (TPSA) is 12.4 Å². The minimum absolute atomic E-state index is 0.811. The van der Waals surface area contributed by atoms with E-state index in [0.29, 0.717) is 0 Å². The first-order valence-electron chi connectivity index (χ1n) is 3.51. The van der Waals surface area contributed by atoms with Gasteiger partial charge in [0.2, 0.25) is 0 Å². The van der Waals surface area contributed by atoms with Gasteiger partial charge in [0.1, 0.15) is 0 Å². The molecule has 0 aromatic rings. The van der Waals surface area contributed by atoms with E-state index in [2.05, 4.69) is 25.4 Å². The number of nitrogens with zero attached hydrogens (tertiary/aromatic N) is 1. The molecule has 0 rings (SSSR count). The summed E-state index contributed by atoms with van der Waals surface area (Å²) in [6.45, 7) is 7.79. The second-order valence-electron chi connectivity index (χ2n) is 2.43. The smallest absolute Gasteiger partial charge is 0.0848 e. The van der Waals surface area contributed by atoms with Gasteiger partial charge in [0.05, 0.1) is 11.6 Å². The molecule has 0 aromatic heterocycles. The predicted molar refractivity (Wildman–Crippen MR) is 55.4 cm³/mol. The van der Waals surface area contributed by atoms with Gasteiger partial charge in [-0.15, -0.1) is 11.8 Å². The van der Waals surface area contributed by atoms with E-state index in [-0.39, 0.29) is 0 Å². The molecule has 0 saturated heterocycles. The lowest BCUT2D eigenvalue weighted by Gasteiger charge is -1.93. The van der Waals surface area contributed by atoms with E-state index in [1.54, 1.807) is 17.8 Å². The highest BCUT2D eigenvalue weighted by Gasteiger charge is 1.86. The molecule has 11 heavy (non-hydrogen) atoms. The molecule has 0 aromatic carbocycles. The van der Waals surface area contributed by atoms with Crippen molar-refractivity contribution in [2.75, 3.05) is 12.1 Å². The van der Waals surface area contributed by atoms with E-state index in [9.17, 15) is 0 Å². The number of hydrogen-bond donors (Lipinski definition) is 0. The maximum absolute atomic E-state index is 4.29. The summed E-state index contributed by atoms with van der Waals surface area (Å²) in [5, 5.41) is 0. The molecule has 0 heterocycles. The molecule has 0 spiro atoms. The Kier molecular flexibility index (Phi) is 5.94. The van der Waals surface area contributed by atoms with Crippen molar-refractivity contribution < 1.29 is 0 Å². The van der Waals surface area contributed by atoms with E-state index in [1.807, 2.05) is 12.3 Å². The molecule has 0 amide bonds. The molecule has 0 saturated carbocycles. The molecule has 0 aliphatic heterocycles. The highest BCUT2D eigenvalue weighted by atomic mass is 32.2. The molecule has 0 atom stereocenters. The van der Waals surface area contributed by atoms with Crippen molar-refractivity contribution in [3.05, 3.63) is 24.3 Å². The third kappa shape index (κ3) is 5.92. The number of rotatable bonds is 4. The predicted octanol–water partition coefficient (Wildman–Crippen LogP) is 2.90. The molecule has 62 valence electrons. The Morgan fingerprint density at radius 1 is 1.55 bits per heavy atom. The average Bonchev–Trinajstić information content (AvgIpc) is 1.97. The third-order valence-corrected chi connectivity index (χ3v) is 1.41. The molecular formula is C9H15NS. The first kappa shape index (κ1) is 10.5. The molecule has 1 nitrogen and oxygen atoms in total. The van der Waals surface area contributed by atoms with Crippen molar-refractivity contribution in [3.8, 4) is 0 Å². The Bertz CT molecular complexity index is 176. The van der Waals surface area contributed by atoms with E-state index < -0.39 is 0 Å². The molecule has 0 fully saturated rings. The molecule has 0 radical (unpaired) electrons. The fraction of sp³-hybridized carbons (Fsp3) is 0.444. The van der Waals surface area contributed by atoms with Crippen LogP contribution in [0.4, 0.5) is 0 Å². The zero-order chi connectivity index (χ0) is 8.69. The summed E-state index contributed by atoms with van der Waals surface area (Å²) in [5.41, 5.74) is 2.23. The van der Waals surface area contributed by atoms with Crippen LogP contribution in [0.5, 0.6) is 0 Å². The fourth-order valence-corrected chi connectivity index (χ4v) is 0.882. The van der Waals surface area contributed by atoms with E-state index in [4.69, 9.17) is 0 Å². The summed E-state index contributed by atoms with van der Waals surface area (Å²) in [4.78, 5) is 4.29. The van der Waals surface area contributed by atoms with Crippen LogP contribution in [0, 0.1) is 0 Å². The van der Waals surface area contributed by atoms with Gasteiger partial charge in [0.15, 0.2) is 0 Å². The van der Waals surface area contributed by atoms with Gasteiger partial charge in [-0.05, 0) is 32.3 Å². The minimum atomic E-state index is 0.811. The van der Waals surface area contributed by atoms with Crippen LogP contribution in [0.15, 0.2) is 29.3 Å². The first-order chi connectivity index (χ1) is 5.20. The summed E-state index contributed by atoms with van der Waals surface area (Å²) >= 11 is 1.71. The zero-order valence-electron chi connectivity index (χ0n) is 7.42. The maximum Gasteiger partial charge on any atom is 0.0848 e. The largest absolute Gasteiger partial charge is 0.275 e. The van der Waals surface area contributed by atoms with Crippen LogP contribution >= 0.6 is 11.8 Å². The minimum Gasteiger partial charge on any atom is -0.275 e. The lowest BCUT2D eigenvalue weighted by Crippen LogP contribution is -1.88. The van der Waals surface area contributed by atoms with E-state index in [0.717, 1.165) is 11.6 Å². The summed E-state index contributed by atoms with van der Waals surface area (Å²) in [6.07, 6.45) is 5.85. The summed E-state index contributed by atoms with van der Waals surface area (Å²) in [5.74, 6) is 0.811. The quantitative estimate of drug-likeness (QED) is 0.589.